The predicted octanol–water partition coefficient (Wildman–Crippen LogP) is 5.08. The minimum atomic E-state index is 0.707. The van der Waals surface area contributed by atoms with Crippen LogP contribution in [0.1, 0.15) is 18.9 Å². The van der Waals surface area contributed by atoms with Gasteiger partial charge in [-0.25, -0.2) is 0 Å². The number of rotatable bonds is 9. The van der Waals surface area contributed by atoms with Gasteiger partial charge in [-0.3, -0.25) is 0 Å². The van der Waals surface area contributed by atoms with Crippen molar-refractivity contribution < 1.29 is 4.74 Å². The van der Waals surface area contributed by atoms with Crippen LogP contribution < -0.4 is 10.1 Å². The summed E-state index contributed by atoms with van der Waals surface area (Å²) in [6.45, 7) is 5.18. The summed E-state index contributed by atoms with van der Waals surface area (Å²) in [6, 6.07) is 15.5. The average molecular weight is 359 g/mol. The molecule has 0 radical (unpaired) electrons. The molecule has 0 amide bonds. The van der Waals surface area contributed by atoms with Crippen molar-refractivity contribution in [1.29, 1.82) is 0 Å². The van der Waals surface area contributed by atoms with Crippen molar-refractivity contribution >= 4 is 17.2 Å². The Morgan fingerprint density at radius 3 is 2.24 bits per heavy atom. The van der Waals surface area contributed by atoms with Gasteiger partial charge in [0.25, 0.3) is 0 Å². The number of halogens is 1. The molecular weight excluding hydrogens is 332 g/mol. The van der Waals surface area contributed by atoms with E-state index in [0.717, 1.165) is 37.6 Å². The Balaban J connectivity index is 1.81. The van der Waals surface area contributed by atoms with Gasteiger partial charge in [0.15, 0.2) is 0 Å². The molecule has 0 saturated carbocycles. The molecule has 25 heavy (non-hydrogen) atoms. The highest BCUT2D eigenvalue weighted by Crippen LogP contribution is 2.24. The second-order valence-corrected chi connectivity index (χ2v) is 6.76. The summed E-state index contributed by atoms with van der Waals surface area (Å²) < 4.78 is 5.82. The molecule has 0 aliphatic heterocycles. The lowest BCUT2D eigenvalue weighted by atomic mass is 10.1. The lowest BCUT2D eigenvalue weighted by Gasteiger charge is -2.09. The number of hydrogen-bond donors (Lipinski definition) is 1. The fourth-order valence-corrected chi connectivity index (χ4v) is 2.52. The van der Waals surface area contributed by atoms with Gasteiger partial charge >= 0.3 is 0 Å². The lowest BCUT2D eigenvalue weighted by molar-refractivity contribution is 0.396. The molecule has 4 heteroatoms. The normalized spacial score (nSPS) is 11.8. The fraction of sp³-hybridized carbons (Fsp3) is 0.333. The van der Waals surface area contributed by atoms with Crippen molar-refractivity contribution in [2.45, 2.75) is 13.3 Å². The van der Waals surface area contributed by atoms with Crippen LogP contribution in [0.2, 0.25) is 5.02 Å². The first-order valence-corrected chi connectivity index (χ1v) is 8.98. The number of nitrogens with zero attached hydrogens (tertiary/aromatic N) is 1. The number of benzene rings is 2. The number of allylic oxidation sites excluding steroid dienone is 1. The molecule has 134 valence electrons. The Bertz CT molecular complexity index is 663. The lowest BCUT2D eigenvalue weighted by Crippen LogP contribution is -2.21. The van der Waals surface area contributed by atoms with Gasteiger partial charge in [-0.15, -0.1) is 0 Å². The van der Waals surface area contributed by atoms with Gasteiger partial charge < -0.3 is 15.0 Å². The van der Waals surface area contributed by atoms with Crippen LogP contribution in [-0.2, 0) is 0 Å². The Labute approximate surface area is 156 Å². The minimum absolute atomic E-state index is 0.707. The van der Waals surface area contributed by atoms with Crippen LogP contribution in [-0.4, -0.2) is 38.6 Å². The van der Waals surface area contributed by atoms with E-state index < -0.39 is 0 Å². The van der Waals surface area contributed by atoms with Crippen LogP contribution in [0, 0.1) is 0 Å². The van der Waals surface area contributed by atoms with E-state index >= 15 is 0 Å². The summed E-state index contributed by atoms with van der Waals surface area (Å²) in [5.74, 6) is 1.60. The Hall–Kier alpha value is -1.81. The molecule has 2 aromatic rings. The van der Waals surface area contributed by atoms with Crippen molar-refractivity contribution in [2.24, 2.45) is 0 Å². The molecule has 0 fully saturated rings. The molecule has 0 unspecified atom stereocenters. The Kier molecular flexibility index (Phi) is 7.99. The van der Waals surface area contributed by atoms with Crippen LogP contribution in [0.3, 0.4) is 0 Å². The first-order chi connectivity index (χ1) is 12.0. The van der Waals surface area contributed by atoms with Crippen LogP contribution in [0.5, 0.6) is 11.5 Å². The fourth-order valence-electron chi connectivity index (χ4n) is 2.39. The molecule has 0 atom stereocenters. The van der Waals surface area contributed by atoms with Crippen molar-refractivity contribution in [3.8, 4) is 11.5 Å². The second kappa shape index (κ2) is 10.2. The molecule has 0 bridgehead atoms. The molecule has 0 saturated heterocycles. The van der Waals surface area contributed by atoms with Gasteiger partial charge in [0.2, 0.25) is 0 Å². The topological polar surface area (TPSA) is 24.5 Å². The molecule has 0 aliphatic rings. The maximum Gasteiger partial charge on any atom is 0.127 e. The third-order valence-corrected chi connectivity index (χ3v) is 4.12. The van der Waals surface area contributed by atoms with Gasteiger partial charge in [-0.05, 0) is 88.1 Å². The van der Waals surface area contributed by atoms with E-state index in [4.69, 9.17) is 16.3 Å². The van der Waals surface area contributed by atoms with E-state index in [9.17, 15) is 0 Å². The summed E-state index contributed by atoms with van der Waals surface area (Å²) in [5.41, 5.74) is 2.47. The SMILES string of the molecule is CC(=CCNCCCN(C)C)c1ccc(Oc2ccc(Cl)cc2)cc1. The van der Waals surface area contributed by atoms with Gasteiger partial charge in [0.05, 0.1) is 0 Å². The molecule has 3 nitrogen and oxygen atoms in total. The molecule has 0 aliphatic carbocycles. The van der Waals surface area contributed by atoms with E-state index in [1.54, 1.807) is 0 Å². The number of hydrogen-bond acceptors (Lipinski definition) is 3. The first kappa shape index (κ1) is 19.5. The third-order valence-electron chi connectivity index (χ3n) is 3.87. The first-order valence-electron chi connectivity index (χ1n) is 8.60. The summed E-state index contributed by atoms with van der Waals surface area (Å²) in [4.78, 5) is 2.20. The third kappa shape index (κ3) is 7.30. The summed E-state index contributed by atoms with van der Waals surface area (Å²) in [5, 5.41) is 4.16. The maximum atomic E-state index is 5.88. The maximum absolute atomic E-state index is 5.88. The molecule has 2 aromatic carbocycles. The van der Waals surface area contributed by atoms with E-state index in [0.29, 0.717) is 5.02 Å². The van der Waals surface area contributed by atoms with E-state index in [-0.39, 0.29) is 0 Å². The molecule has 0 spiro atoms. The average Bonchev–Trinajstić information content (AvgIpc) is 2.60. The largest absolute Gasteiger partial charge is 0.457 e. The highest BCUT2D eigenvalue weighted by Gasteiger charge is 2.00. The van der Waals surface area contributed by atoms with Gasteiger partial charge in [0, 0.05) is 11.6 Å². The van der Waals surface area contributed by atoms with Crippen LogP contribution >= 0.6 is 11.6 Å². The van der Waals surface area contributed by atoms with Crippen molar-refractivity contribution in [3.05, 3.63) is 65.2 Å². The number of nitrogens with one attached hydrogen (secondary N) is 1. The summed E-state index contributed by atoms with van der Waals surface area (Å²) >= 11 is 5.88. The van der Waals surface area contributed by atoms with E-state index in [2.05, 4.69) is 49.4 Å². The zero-order valence-corrected chi connectivity index (χ0v) is 16.0. The highest BCUT2D eigenvalue weighted by molar-refractivity contribution is 6.30. The monoisotopic (exact) mass is 358 g/mol. The van der Waals surface area contributed by atoms with Crippen LogP contribution in [0.15, 0.2) is 54.6 Å². The van der Waals surface area contributed by atoms with Gasteiger partial charge in [-0.1, -0.05) is 29.8 Å². The van der Waals surface area contributed by atoms with E-state index in [1.807, 2.05) is 36.4 Å². The molecule has 1 N–H and O–H groups in total. The summed E-state index contributed by atoms with van der Waals surface area (Å²) in [6.07, 6.45) is 3.39. The highest BCUT2D eigenvalue weighted by atomic mass is 35.5. The van der Waals surface area contributed by atoms with Crippen molar-refractivity contribution in [1.82, 2.24) is 10.2 Å². The Morgan fingerprint density at radius 2 is 1.64 bits per heavy atom. The minimum Gasteiger partial charge on any atom is -0.457 e. The van der Waals surface area contributed by atoms with Crippen molar-refractivity contribution in [2.75, 3.05) is 33.7 Å². The molecular formula is C21H27ClN2O. The van der Waals surface area contributed by atoms with Crippen LogP contribution in [0.25, 0.3) is 5.57 Å². The second-order valence-electron chi connectivity index (χ2n) is 6.33. The zero-order valence-electron chi connectivity index (χ0n) is 15.3. The van der Waals surface area contributed by atoms with E-state index in [1.165, 1.54) is 11.1 Å². The summed E-state index contributed by atoms with van der Waals surface area (Å²) in [7, 11) is 4.20. The van der Waals surface area contributed by atoms with Crippen LogP contribution in [0.4, 0.5) is 0 Å². The number of ether oxygens (including phenoxy) is 1. The smallest absolute Gasteiger partial charge is 0.127 e. The standard InChI is InChI=1S/C21H27ClN2O/c1-17(13-15-23-14-4-16-24(2)3)18-5-9-20(10-6-18)25-21-11-7-19(22)8-12-21/h5-13,23H,4,14-16H2,1-3H3. The van der Waals surface area contributed by atoms with Gasteiger partial charge in [-0.2, -0.15) is 0 Å². The van der Waals surface area contributed by atoms with Crippen molar-refractivity contribution in [3.63, 3.8) is 0 Å². The molecule has 2 rings (SSSR count). The Morgan fingerprint density at radius 1 is 1.04 bits per heavy atom. The quantitative estimate of drug-likeness (QED) is 0.633. The molecule has 0 aromatic heterocycles. The van der Waals surface area contributed by atoms with Gasteiger partial charge in [0.1, 0.15) is 11.5 Å². The molecule has 0 heterocycles. The zero-order chi connectivity index (χ0) is 18.1. The predicted molar refractivity (Wildman–Crippen MR) is 108 cm³/mol.